The van der Waals surface area contributed by atoms with E-state index >= 15 is 0 Å². The summed E-state index contributed by atoms with van der Waals surface area (Å²) >= 11 is 0. The Balaban J connectivity index is 2.23. The smallest absolute Gasteiger partial charge is 0.236 e. The zero-order valence-electron chi connectivity index (χ0n) is 10.5. The average Bonchev–Trinajstić information content (AvgIpc) is 2.89. The van der Waals surface area contributed by atoms with Gasteiger partial charge in [-0.25, -0.2) is 0 Å². The fraction of sp³-hybridized carbons (Fsp3) is 0.538. The first-order chi connectivity index (χ1) is 8.70. The molecule has 1 saturated carbocycles. The minimum absolute atomic E-state index is 0.263. The van der Waals surface area contributed by atoms with Crippen LogP contribution in [-0.4, -0.2) is 23.5 Å². The summed E-state index contributed by atoms with van der Waals surface area (Å²) in [5, 5.41) is 0. The molecule has 5 nitrogen and oxygen atoms in total. The average molecular weight is 248 g/mol. The molecule has 18 heavy (non-hydrogen) atoms. The van der Waals surface area contributed by atoms with Crippen LogP contribution in [0.2, 0.25) is 0 Å². The van der Waals surface area contributed by atoms with E-state index < -0.39 is 0 Å². The molecule has 5 heteroatoms. The second-order valence-corrected chi connectivity index (χ2v) is 4.74. The molecule has 2 rings (SSSR count). The molecule has 0 spiro atoms. The van der Waals surface area contributed by atoms with Crippen molar-refractivity contribution in [3.63, 3.8) is 0 Å². The fourth-order valence-electron chi connectivity index (χ4n) is 2.57. The first-order valence-electron chi connectivity index (χ1n) is 6.40. The first-order valence-corrected chi connectivity index (χ1v) is 6.40. The van der Waals surface area contributed by atoms with Crippen LogP contribution in [0.5, 0.6) is 0 Å². The molecule has 4 N–H and O–H groups in total. The Morgan fingerprint density at radius 1 is 1.44 bits per heavy atom. The van der Waals surface area contributed by atoms with E-state index in [1.165, 1.54) is 12.8 Å². The van der Waals surface area contributed by atoms with Crippen LogP contribution in [0, 0.1) is 0 Å². The maximum Gasteiger partial charge on any atom is 0.236 e. The summed E-state index contributed by atoms with van der Waals surface area (Å²) in [6, 6.07) is 4.27. The zero-order chi connectivity index (χ0) is 13.0. The van der Waals surface area contributed by atoms with Crippen molar-refractivity contribution in [2.75, 3.05) is 11.4 Å². The summed E-state index contributed by atoms with van der Waals surface area (Å²) in [5.74, 6) is -0.298. The SMILES string of the molecule is NCc1cc(N(CC(N)=O)C2CCCC2)ccn1. The van der Waals surface area contributed by atoms with Crippen molar-refractivity contribution >= 4 is 11.6 Å². The van der Waals surface area contributed by atoms with Gasteiger partial charge in [0.15, 0.2) is 0 Å². The quantitative estimate of drug-likeness (QED) is 0.806. The molecule has 0 aromatic carbocycles. The van der Waals surface area contributed by atoms with Gasteiger partial charge in [-0.1, -0.05) is 12.8 Å². The van der Waals surface area contributed by atoms with E-state index in [1.54, 1.807) is 6.20 Å². The normalized spacial score (nSPS) is 15.8. The largest absolute Gasteiger partial charge is 0.368 e. The molecule has 1 amide bonds. The van der Waals surface area contributed by atoms with Crippen LogP contribution in [-0.2, 0) is 11.3 Å². The highest BCUT2D eigenvalue weighted by Crippen LogP contribution is 2.28. The van der Waals surface area contributed by atoms with Crippen molar-refractivity contribution in [2.24, 2.45) is 11.5 Å². The highest BCUT2D eigenvalue weighted by atomic mass is 16.1. The Labute approximate surface area is 107 Å². The van der Waals surface area contributed by atoms with E-state index in [4.69, 9.17) is 11.5 Å². The van der Waals surface area contributed by atoms with Gasteiger partial charge in [-0.3, -0.25) is 9.78 Å². The summed E-state index contributed by atoms with van der Waals surface area (Å²) in [6.07, 6.45) is 6.41. The topological polar surface area (TPSA) is 85.2 Å². The second-order valence-electron chi connectivity index (χ2n) is 4.74. The lowest BCUT2D eigenvalue weighted by molar-refractivity contribution is -0.116. The van der Waals surface area contributed by atoms with Gasteiger partial charge in [0.05, 0.1) is 12.2 Å². The van der Waals surface area contributed by atoms with Crippen LogP contribution in [0.25, 0.3) is 0 Å². The predicted octanol–water partition coefficient (Wildman–Crippen LogP) is 0.775. The predicted molar refractivity (Wildman–Crippen MR) is 70.9 cm³/mol. The number of anilines is 1. The van der Waals surface area contributed by atoms with Gasteiger partial charge < -0.3 is 16.4 Å². The van der Waals surface area contributed by atoms with Crippen molar-refractivity contribution in [3.05, 3.63) is 24.0 Å². The standard InChI is InChI=1S/C13H20N4O/c14-8-10-7-12(5-6-16-10)17(9-13(15)18)11-3-1-2-4-11/h5-7,11H,1-4,8-9,14H2,(H2,15,18). The van der Waals surface area contributed by atoms with Gasteiger partial charge in [0.2, 0.25) is 5.91 Å². The van der Waals surface area contributed by atoms with Crippen molar-refractivity contribution < 1.29 is 4.79 Å². The molecule has 1 aromatic heterocycles. The Bertz CT molecular complexity index is 415. The summed E-state index contributed by atoms with van der Waals surface area (Å²) in [4.78, 5) is 17.5. The van der Waals surface area contributed by atoms with E-state index in [-0.39, 0.29) is 12.5 Å². The Morgan fingerprint density at radius 2 is 2.17 bits per heavy atom. The number of carbonyl (C=O) groups excluding carboxylic acids is 1. The maximum atomic E-state index is 11.2. The van der Waals surface area contributed by atoms with E-state index in [0.29, 0.717) is 12.6 Å². The molecule has 1 fully saturated rings. The molecule has 0 atom stereocenters. The zero-order valence-corrected chi connectivity index (χ0v) is 10.5. The lowest BCUT2D eigenvalue weighted by atomic mass is 10.1. The molecule has 98 valence electrons. The van der Waals surface area contributed by atoms with Crippen LogP contribution in [0.1, 0.15) is 31.4 Å². The minimum atomic E-state index is -0.298. The molecule has 0 aliphatic heterocycles. The third-order valence-corrected chi connectivity index (χ3v) is 3.43. The van der Waals surface area contributed by atoms with E-state index in [1.807, 2.05) is 12.1 Å². The Morgan fingerprint density at radius 3 is 2.78 bits per heavy atom. The van der Waals surface area contributed by atoms with E-state index in [9.17, 15) is 4.79 Å². The Kier molecular flexibility index (Phi) is 4.15. The van der Waals surface area contributed by atoms with Crippen LogP contribution >= 0.6 is 0 Å². The fourth-order valence-corrected chi connectivity index (χ4v) is 2.57. The number of pyridine rings is 1. The number of rotatable bonds is 5. The summed E-state index contributed by atoms with van der Waals surface area (Å²) in [7, 11) is 0. The van der Waals surface area contributed by atoms with E-state index in [0.717, 1.165) is 24.2 Å². The monoisotopic (exact) mass is 248 g/mol. The number of nitrogens with two attached hydrogens (primary N) is 2. The van der Waals surface area contributed by atoms with Gasteiger partial charge in [0.1, 0.15) is 0 Å². The third kappa shape index (κ3) is 2.98. The van der Waals surface area contributed by atoms with Crippen molar-refractivity contribution in [3.8, 4) is 0 Å². The van der Waals surface area contributed by atoms with Crippen LogP contribution in [0.15, 0.2) is 18.3 Å². The van der Waals surface area contributed by atoms with Gasteiger partial charge in [-0.2, -0.15) is 0 Å². The molecular formula is C13H20N4O. The Hall–Kier alpha value is -1.62. The molecule has 1 aliphatic carbocycles. The second kappa shape index (κ2) is 5.82. The maximum absolute atomic E-state index is 11.2. The van der Waals surface area contributed by atoms with Gasteiger partial charge in [-0.15, -0.1) is 0 Å². The molecule has 1 aromatic rings. The third-order valence-electron chi connectivity index (χ3n) is 3.43. The minimum Gasteiger partial charge on any atom is -0.368 e. The molecular weight excluding hydrogens is 228 g/mol. The van der Waals surface area contributed by atoms with Gasteiger partial charge in [0, 0.05) is 24.5 Å². The molecule has 0 unspecified atom stereocenters. The first kappa shape index (κ1) is 12.8. The molecule has 1 aliphatic rings. The number of hydrogen-bond donors (Lipinski definition) is 2. The van der Waals surface area contributed by atoms with Crippen molar-refractivity contribution in [1.82, 2.24) is 4.98 Å². The van der Waals surface area contributed by atoms with Crippen molar-refractivity contribution in [2.45, 2.75) is 38.3 Å². The highest BCUT2D eigenvalue weighted by molar-refractivity contribution is 5.79. The summed E-state index contributed by atoms with van der Waals surface area (Å²) in [5.41, 5.74) is 12.8. The lowest BCUT2D eigenvalue weighted by Crippen LogP contribution is -2.40. The number of amides is 1. The molecule has 0 radical (unpaired) electrons. The van der Waals surface area contributed by atoms with Gasteiger partial charge >= 0.3 is 0 Å². The molecule has 0 saturated heterocycles. The van der Waals surface area contributed by atoms with Crippen LogP contribution in [0.3, 0.4) is 0 Å². The van der Waals surface area contributed by atoms with Crippen LogP contribution in [0.4, 0.5) is 5.69 Å². The number of aromatic nitrogens is 1. The van der Waals surface area contributed by atoms with Crippen molar-refractivity contribution in [1.29, 1.82) is 0 Å². The van der Waals surface area contributed by atoms with Gasteiger partial charge in [-0.05, 0) is 25.0 Å². The summed E-state index contributed by atoms with van der Waals surface area (Å²) < 4.78 is 0. The highest BCUT2D eigenvalue weighted by Gasteiger charge is 2.24. The van der Waals surface area contributed by atoms with E-state index in [2.05, 4.69) is 9.88 Å². The number of hydrogen-bond acceptors (Lipinski definition) is 4. The van der Waals surface area contributed by atoms with Crippen LogP contribution < -0.4 is 16.4 Å². The number of carbonyl (C=O) groups is 1. The van der Waals surface area contributed by atoms with Gasteiger partial charge in [0.25, 0.3) is 0 Å². The lowest BCUT2D eigenvalue weighted by Gasteiger charge is -2.30. The summed E-state index contributed by atoms with van der Waals surface area (Å²) in [6.45, 7) is 0.668. The number of nitrogens with zero attached hydrogens (tertiary/aromatic N) is 2. The number of primary amides is 1. The molecule has 1 heterocycles. The molecule has 0 bridgehead atoms.